The Kier molecular flexibility index (Phi) is 5.84. The Morgan fingerprint density at radius 1 is 0.857 bits per heavy atom. The normalized spacial score (nSPS) is 14.6. The first kappa shape index (κ1) is 22.8. The number of nitrogens with zero attached hydrogens (tertiary/aromatic N) is 2. The van der Waals surface area contributed by atoms with Gasteiger partial charge in [-0.1, -0.05) is 49.4 Å². The third kappa shape index (κ3) is 3.67. The summed E-state index contributed by atoms with van der Waals surface area (Å²) >= 11 is 0. The van der Waals surface area contributed by atoms with Crippen LogP contribution in [-0.2, 0) is 11.3 Å². The van der Waals surface area contributed by atoms with Crippen LogP contribution in [0, 0.1) is 0 Å². The number of ether oxygens (including phenoxy) is 1. The number of benzene rings is 2. The molecule has 2 aromatic carbocycles. The SMILES string of the molecule is CCCn1c2c(c(OC(C)=O)c1-c1ccccc1C(=O)N1CCCC1)C(=O)c1ccccc1C2=O. The fourth-order valence-electron chi connectivity index (χ4n) is 5.11. The van der Waals surface area contributed by atoms with Crippen LogP contribution in [0.2, 0.25) is 0 Å². The molecule has 0 unspecified atom stereocenters. The molecule has 0 bridgehead atoms. The van der Waals surface area contributed by atoms with Crippen LogP contribution in [0.1, 0.15) is 75.4 Å². The van der Waals surface area contributed by atoms with E-state index in [9.17, 15) is 19.2 Å². The van der Waals surface area contributed by atoms with E-state index in [1.54, 1.807) is 53.1 Å². The Labute approximate surface area is 203 Å². The van der Waals surface area contributed by atoms with Crippen molar-refractivity contribution in [3.63, 3.8) is 0 Å². The molecule has 7 heteroatoms. The number of carbonyl (C=O) groups is 4. The van der Waals surface area contributed by atoms with Gasteiger partial charge in [0.1, 0.15) is 5.69 Å². The molecule has 0 radical (unpaired) electrons. The van der Waals surface area contributed by atoms with E-state index in [-0.39, 0.29) is 40.0 Å². The molecule has 0 atom stereocenters. The summed E-state index contributed by atoms with van der Waals surface area (Å²) in [6.45, 7) is 5.00. The number of hydrogen-bond acceptors (Lipinski definition) is 5. The van der Waals surface area contributed by atoms with Gasteiger partial charge in [-0.05, 0) is 25.3 Å². The minimum absolute atomic E-state index is 0.0375. The zero-order chi connectivity index (χ0) is 24.7. The number of rotatable bonds is 5. The van der Waals surface area contributed by atoms with Gasteiger partial charge in [-0.25, -0.2) is 0 Å². The lowest BCUT2D eigenvalue weighted by Crippen LogP contribution is -2.28. The van der Waals surface area contributed by atoms with E-state index in [0.29, 0.717) is 48.4 Å². The van der Waals surface area contributed by atoms with E-state index in [1.165, 1.54) is 6.92 Å². The highest BCUT2D eigenvalue weighted by atomic mass is 16.5. The molecule has 3 aromatic rings. The first-order valence-corrected chi connectivity index (χ1v) is 12.0. The molecule has 0 N–H and O–H groups in total. The summed E-state index contributed by atoms with van der Waals surface area (Å²) in [6.07, 6.45) is 2.57. The van der Waals surface area contributed by atoms with Crippen molar-refractivity contribution in [2.24, 2.45) is 0 Å². The molecule has 5 rings (SSSR count). The number of likely N-dealkylation sites (tertiary alicyclic amines) is 1. The third-order valence-corrected chi connectivity index (χ3v) is 6.58. The predicted octanol–water partition coefficient (Wildman–Crippen LogP) is 4.50. The Bertz CT molecular complexity index is 1380. The van der Waals surface area contributed by atoms with Crippen molar-refractivity contribution in [1.82, 2.24) is 9.47 Å². The van der Waals surface area contributed by atoms with Gasteiger partial charge in [0.2, 0.25) is 5.78 Å². The number of ketones is 2. The molecule has 1 amide bonds. The second kappa shape index (κ2) is 8.98. The van der Waals surface area contributed by atoms with Crippen molar-refractivity contribution in [2.45, 2.75) is 39.7 Å². The largest absolute Gasteiger partial charge is 0.424 e. The van der Waals surface area contributed by atoms with Gasteiger partial charge in [0, 0.05) is 48.8 Å². The van der Waals surface area contributed by atoms with Crippen molar-refractivity contribution < 1.29 is 23.9 Å². The Hall–Kier alpha value is -4.00. The Balaban J connectivity index is 1.81. The zero-order valence-electron chi connectivity index (χ0n) is 19.8. The summed E-state index contributed by atoms with van der Waals surface area (Å²) in [7, 11) is 0. The van der Waals surface area contributed by atoms with E-state index in [2.05, 4.69) is 0 Å². The summed E-state index contributed by atoms with van der Waals surface area (Å²) in [5.74, 6) is -1.35. The molecule has 1 aliphatic carbocycles. The lowest BCUT2D eigenvalue weighted by molar-refractivity contribution is -0.131. The maximum Gasteiger partial charge on any atom is 0.308 e. The minimum Gasteiger partial charge on any atom is -0.424 e. The second-order valence-corrected chi connectivity index (χ2v) is 8.90. The molecule has 178 valence electrons. The van der Waals surface area contributed by atoms with Crippen molar-refractivity contribution in [3.05, 3.63) is 76.5 Å². The number of carbonyl (C=O) groups excluding carboxylic acids is 4. The van der Waals surface area contributed by atoms with Gasteiger partial charge in [-0.15, -0.1) is 0 Å². The molecule has 1 aromatic heterocycles. The summed E-state index contributed by atoms with van der Waals surface area (Å²) < 4.78 is 7.41. The molecule has 35 heavy (non-hydrogen) atoms. The molecule has 1 fully saturated rings. The Morgan fingerprint density at radius 3 is 2.09 bits per heavy atom. The van der Waals surface area contributed by atoms with E-state index < -0.39 is 5.97 Å². The fraction of sp³-hybridized carbons (Fsp3) is 0.286. The van der Waals surface area contributed by atoms with Crippen LogP contribution >= 0.6 is 0 Å². The second-order valence-electron chi connectivity index (χ2n) is 8.90. The number of fused-ring (bicyclic) bond motifs is 2. The predicted molar refractivity (Wildman–Crippen MR) is 130 cm³/mol. The van der Waals surface area contributed by atoms with Gasteiger partial charge < -0.3 is 14.2 Å². The summed E-state index contributed by atoms with van der Waals surface area (Å²) in [4.78, 5) is 54.8. The molecule has 1 aliphatic heterocycles. The first-order valence-electron chi connectivity index (χ1n) is 12.0. The smallest absolute Gasteiger partial charge is 0.308 e. The number of esters is 1. The maximum atomic E-state index is 13.7. The quantitative estimate of drug-likeness (QED) is 0.401. The van der Waals surface area contributed by atoms with E-state index >= 15 is 0 Å². The van der Waals surface area contributed by atoms with Crippen molar-refractivity contribution >= 4 is 23.4 Å². The molecule has 0 saturated carbocycles. The summed E-state index contributed by atoms with van der Waals surface area (Å²) in [5, 5.41) is 0. The molecular weight excluding hydrogens is 444 g/mol. The fourth-order valence-corrected chi connectivity index (χ4v) is 5.11. The molecular formula is C28H26N2O5. The Morgan fingerprint density at radius 2 is 1.46 bits per heavy atom. The monoisotopic (exact) mass is 470 g/mol. The highest BCUT2D eigenvalue weighted by Crippen LogP contribution is 2.44. The van der Waals surface area contributed by atoms with Crippen LogP contribution in [0.25, 0.3) is 11.3 Å². The van der Waals surface area contributed by atoms with Gasteiger partial charge in [0.25, 0.3) is 5.91 Å². The van der Waals surface area contributed by atoms with E-state index in [1.807, 2.05) is 11.8 Å². The van der Waals surface area contributed by atoms with Gasteiger partial charge in [0.15, 0.2) is 11.5 Å². The molecule has 7 nitrogen and oxygen atoms in total. The van der Waals surface area contributed by atoms with Crippen molar-refractivity contribution in [1.29, 1.82) is 0 Å². The van der Waals surface area contributed by atoms with Crippen LogP contribution in [0.15, 0.2) is 48.5 Å². The summed E-state index contributed by atoms with van der Waals surface area (Å²) in [5.41, 5.74) is 2.27. The van der Waals surface area contributed by atoms with Gasteiger partial charge in [-0.3, -0.25) is 19.2 Å². The van der Waals surface area contributed by atoms with Crippen LogP contribution in [-0.4, -0.2) is 46.0 Å². The zero-order valence-corrected chi connectivity index (χ0v) is 19.8. The third-order valence-electron chi connectivity index (χ3n) is 6.58. The molecule has 2 aliphatic rings. The van der Waals surface area contributed by atoms with Crippen LogP contribution < -0.4 is 4.74 Å². The molecule has 1 saturated heterocycles. The summed E-state index contributed by atoms with van der Waals surface area (Å²) in [6, 6.07) is 13.8. The molecule has 2 heterocycles. The standard InChI is InChI=1S/C28H26N2O5/c1-3-14-30-23(18-10-4-7-13-21(18)28(34)29-15-8-9-16-29)27(35-17(2)31)22-24(30)26(33)20-12-6-5-11-19(20)25(22)32/h4-7,10-13H,3,8-9,14-16H2,1-2H3. The van der Waals surface area contributed by atoms with Gasteiger partial charge in [0.05, 0.1) is 11.3 Å². The van der Waals surface area contributed by atoms with Crippen molar-refractivity contribution in [2.75, 3.05) is 13.1 Å². The molecule has 0 spiro atoms. The number of amides is 1. The van der Waals surface area contributed by atoms with Gasteiger partial charge in [-0.2, -0.15) is 0 Å². The minimum atomic E-state index is -0.606. The number of hydrogen-bond donors (Lipinski definition) is 0. The van der Waals surface area contributed by atoms with Crippen LogP contribution in [0.3, 0.4) is 0 Å². The van der Waals surface area contributed by atoms with Crippen molar-refractivity contribution in [3.8, 4) is 17.0 Å². The van der Waals surface area contributed by atoms with E-state index in [4.69, 9.17) is 4.74 Å². The average Bonchev–Trinajstić information content (AvgIpc) is 3.49. The average molecular weight is 471 g/mol. The van der Waals surface area contributed by atoms with E-state index in [0.717, 1.165) is 12.8 Å². The number of aromatic nitrogens is 1. The van der Waals surface area contributed by atoms with Gasteiger partial charge >= 0.3 is 5.97 Å². The highest BCUT2D eigenvalue weighted by molar-refractivity contribution is 6.30. The first-order chi connectivity index (χ1) is 16.9. The maximum absolute atomic E-state index is 13.7. The van der Waals surface area contributed by atoms with Crippen LogP contribution in [0.5, 0.6) is 5.75 Å². The lowest BCUT2D eigenvalue weighted by Gasteiger charge is -2.20. The van der Waals surface area contributed by atoms with Crippen LogP contribution in [0.4, 0.5) is 0 Å². The lowest BCUT2D eigenvalue weighted by atomic mass is 9.87. The highest BCUT2D eigenvalue weighted by Gasteiger charge is 2.40. The topological polar surface area (TPSA) is 85.7 Å².